The molecular weight excluding hydrogens is 555 g/mol. The molecule has 1 aromatic heterocycles. The summed E-state index contributed by atoms with van der Waals surface area (Å²) in [5.41, 5.74) is 6.40. The number of ether oxygens (including phenoxy) is 1. The third-order valence-electron chi connectivity index (χ3n) is 5.57. The van der Waals surface area contributed by atoms with Gasteiger partial charge in [-0.15, -0.1) is 11.3 Å². The smallest absolute Gasteiger partial charge is 0.433 e. The Morgan fingerprint density at radius 1 is 1.02 bits per heavy atom. The van der Waals surface area contributed by atoms with Crippen LogP contribution in [0.5, 0.6) is 5.75 Å². The second-order valence-corrected chi connectivity index (χ2v) is 9.49. The Labute approximate surface area is 228 Å². The molecule has 4 rings (SSSR count). The Morgan fingerprint density at radius 2 is 1.73 bits per heavy atom. The average molecular weight is 577 g/mol. The fourth-order valence-corrected chi connectivity index (χ4v) is 4.59. The number of nitrogens with two attached hydrogens (primary N) is 1. The third-order valence-corrected chi connectivity index (χ3v) is 6.69. The number of amidine groups is 1. The number of nitrogens with one attached hydrogen (secondary N) is 1. The topological polar surface area (TPSA) is 110 Å². The molecule has 0 radical (unpaired) electrons. The van der Waals surface area contributed by atoms with Gasteiger partial charge >= 0.3 is 12.3 Å². The summed E-state index contributed by atoms with van der Waals surface area (Å²) in [6, 6.07) is 14.2. The number of carboxylic acid groups (broad SMARTS) is 1. The minimum atomic E-state index is -4.47. The number of nitrogens with zero attached hydrogens (tertiary/aromatic N) is 2. The summed E-state index contributed by atoms with van der Waals surface area (Å²) in [5, 5.41) is 12.4. The van der Waals surface area contributed by atoms with Crippen molar-refractivity contribution in [1.82, 2.24) is 10.3 Å². The second-order valence-electron chi connectivity index (χ2n) is 8.40. The highest BCUT2D eigenvalue weighted by Crippen LogP contribution is 2.33. The first kappa shape index (κ1) is 28.6. The van der Waals surface area contributed by atoms with E-state index in [4.69, 9.17) is 15.6 Å². The summed E-state index contributed by atoms with van der Waals surface area (Å²) in [5.74, 6) is -1.57. The molecule has 0 atom stereocenters. The monoisotopic (exact) mass is 576 g/mol. The molecule has 0 unspecified atom stereocenters. The van der Waals surface area contributed by atoms with Gasteiger partial charge in [0.2, 0.25) is 0 Å². The minimum Gasteiger partial charge on any atom is -0.488 e. The van der Waals surface area contributed by atoms with Crippen LogP contribution in [-0.4, -0.2) is 22.0 Å². The first-order valence-electron chi connectivity index (χ1n) is 11.6. The van der Waals surface area contributed by atoms with Gasteiger partial charge in [0, 0.05) is 24.7 Å². The number of carbonyl (C=O) groups is 1. The van der Waals surface area contributed by atoms with Gasteiger partial charge in [-0.05, 0) is 42.0 Å². The van der Waals surface area contributed by atoms with Crippen molar-refractivity contribution in [2.45, 2.75) is 25.9 Å². The number of alkyl halides is 3. The van der Waals surface area contributed by atoms with E-state index in [0.717, 1.165) is 23.8 Å². The molecule has 7 nitrogen and oxygen atoms in total. The van der Waals surface area contributed by atoms with Gasteiger partial charge in [0.1, 0.15) is 34.8 Å². The number of aliphatic imine (C=N–C) groups is 1. The zero-order valence-electron chi connectivity index (χ0n) is 20.5. The quantitative estimate of drug-likeness (QED) is 0.122. The Morgan fingerprint density at radius 3 is 2.35 bits per heavy atom. The SMILES string of the molecule is NC(=NC(=O)O)c1ccc(OCc2sc(-c3ccc(C(F)(F)F)cc3)nc2CNCc2ccc(F)cc2)cc1F. The summed E-state index contributed by atoms with van der Waals surface area (Å²) in [6.45, 7) is 0.631. The van der Waals surface area contributed by atoms with E-state index in [0.29, 0.717) is 27.7 Å². The van der Waals surface area contributed by atoms with Gasteiger partial charge in [-0.25, -0.2) is 18.6 Å². The van der Waals surface area contributed by atoms with E-state index in [1.807, 2.05) is 0 Å². The lowest BCUT2D eigenvalue weighted by molar-refractivity contribution is -0.137. The zero-order valence-corrected chi connectivity index (χ0v) is 21.3. The Bertz CT molecular complexity index is 1520. The van der Waals surface area contributed by atoms with E-state index in [1.165, 1.54) is 47.7 Å². The number of thiazole rings is 1. The summed E-state index contributed by atoms with van der Waals surface area (Å²) in [7, 11) is 0. The molecule has 0 aliphatic heterocycles. The van der Waals surface area contributed by atoms with Crippen LogP contribution in [0.25, 0.3) is 10.6 Å². The predicted octanol–water partition coefficient (Wildman–Crippen LogP) is 6.36. The Hall–Kier alpha value is -4.36. The van der Waals surface area contributed by atoms with Gasteiger partial charge in [0.05, 0.1) is 21.7 Å². The molecule has 0 aliphatic carbocycles. The average Bonchev–Trinajstić information content (AvgIpc) is 3.30. The van der Waals surface area contributed by atoms with Crippen LogP contribution in [0.2, 0.25) is 0 Å². The van der Waals surface area contributed by atoms with E-state index in [-0.39, 0.29) is 30.3 Å². The number of halogens is 5. The first-order chi connectivity index (χ1) is 19.0. The van der Waals surface area contributed by atoms with Crippen molar-refractivity contribution in [1.29, 1.82) is 0 Å². The van der Waals surface area contributed by atoms with Crippen molar-refractivity contribution in [3.8, 4) is 16.3 Å². The molecule has 1 amide bonds. The molecule has 1 heterocycles. The minimum absolute atomic E-state index is 0.0383. The molecule has 0 saturated heterocycles. The fourth-order valence-electron chi connectivity index (χ4n) is 3.59. The molecule has 208 valence electrons. The van der Waals surface area contributed by atoms with Crippen LogP contribution in [0.1, 0.15) is 27.3 Å². The van der Waals surface area contributed by atoms with Crippen molar-refractivity contribution in [2.75, 3.05) is 0 Å². The van der Waals surface area contributed by atoms with Crippen molar-refractivity contribution < 1.29 is 36.6 Å². The van der Waals surface area contributed by atoms with E-state index < -0.39 is 29.5 Å². The third kappa shape index (κ3) is 7.39. The second kappa shape index (κ2) is 12.2. The molecule has 4 N–H and O–H groups in total. The highest BCUT2D eigenvalue weighted by Gasteiger charge is 2.30. The van der Waals surface area contributed by atoms with Crippen LogP contribution in [0, 0.1) is 11.6 Å². The lowest BCUT2D eigenvalue weighted by Gasteiger charge is -2.09. The van der Waals surface area contributed by atoms with Gasteiger partial charge in [0.15, 0.2) is 0 Å². The van der Waals surface area contributed by atoms with E-state index >= 15 is 0 Å². The Balaban J connectivity index is 1.54. The molecule has 0 aliphatic rings. The van der Waals surface area contributed by atoms with Crippen LogP contribution >= 0.6 is 11.3 Å². The Kier molecular flexibility index (Phi) is 8.75. The number of rotatable bonds is 9. The van der Waals surface area contributed by atoms with Crippen LogP contribution in [-0.2, 0) is 25.9 Å². The molecular formula is C27H21F5N4O3S. The van der Waals surface area contributed by atoms with Crippen molar-refractivity contribution in [2.24, 2.45) is 10.7 Å². The van der Waals surface area contributed by atoms with Crippen LogP contribution < -0.4 is 15.8 Å². The highest BCUT2D eigenvalue weighted by atomic mass is 32.1. The lowest BCUT2D eigenvalue weighted by Crippen LogP contribution is -2.17. The largest absolute Gasteiger partial charge is 0.488 e. The van der Waals surface area contributed by atoms with E-state index in [2.05, 4.69) is 15.3 Å². The van der Waals surface area contributed by atoms with Gasteiger partial charge in [-0.3, -0.25) is 0 Å². The van der Waals surface area contributed by atoms with Gasteiger partial charge < -0.3 is 20.9 Å². The highest BCUT2D eigenvalue weighted by molar-refractivity contribution is 7.15. The maximum absolute atomic E-state index is 14.5. The summed E-state index contributed by atoms with van der Waals surface area (Å²) >= 11 is 1.21. The summed E-state index contributed by atoms with van der Waals surface area (Å²) in [6.07, 6.45) is -6.03. The zero-order chi connectivity index (χ0) is 28.9. The standard InChI is InChI=1S/C27H21F5N4O3S/c28-18-7-1-15(2-8-18)12-34-13-22-23(40-25(35-22)16-3-5-17(6-4-16)27(30,31)32)14-39-19-9-10-20(21(29)11-19)24(33)36-26(37)38/h1-11,34H,12-14H2,(H2,33,36)(H,37,38). The van der Waals surface area contributed by atoms with Crippen molar-refractivity contribution >= 4 is 23.3 Å². The van der Waals surface area contributed by atoms with Gasteiger partial charge in [0.25, 0.3) is 0 Å². The molecule has 0 fully saturated rings. The molecule has 40 heavy (non-hydrogen) atoms. The van der Waals surface area contributed by atoms with Crippen molar-refractivity contribution in [3.05, 3.63) is 106 Å². The number of benzene rings is 3. The number of hydrogen-bond acceptors (Lipinski definition) is 5. The summed E-state index contributed by atoms with van der Waals surface area (Å²) in [4.78, 5) is 19.0. The van der Waals surface area contributed by atoms with Crippen molar-refractivity contribution in [3.63, 3.8) is 0 Å². The molecule has 0 spiro atoms. The maximum Gasteiger partial charge on any atom is 0.433 e. The maximum atomic E-state index is 14.5. The molecule has 0 saturated carbocycles. The molecule has 4 aromatic rings. The van der Waals surface area contributed by atoms with Gasteiger partial charge in [-0.2, -0.15) is 18.2 Å². The summed E-state index contributed by atoms with van der Waals surface area (Å²) < 4.78 is 72.4. The predicted molar refractivity (Wildman–Crippen MR) is 139 cm³/mol. The number of amides is 1. The first-order valence-corrected chi connectivity index (χ1v) is 12.4. The molecule has 0 bridgehead atoms. The van der Waals surface area contributed by atoms with Crippen LogP contribution in [0.15, 0.2) is 71.7 Å². The normalized spacial score (nSPS) is 12.0. The van der Waals surface area contributed by atoms with E-state index in [9.17, 15) is 26.7 Å². The van der Waals surface area contributed by atoms with Crippen LogP contribution in [0.4, 0.5) is 26.7 Å². The van der Waals surface area contributed by atoms with E-state index in [1.54, 1.807) is 12.1 Å². The lowest BCUT2D eigenvalue weighted by atomic mass is 10.1. The van der Waals surface area contributed by atoms with Crippen LogP contribution in [0.3, 0.4) is 0 Å². The fraction of sp³-hybridized carbons (Fsp3) is 0.148. The number of hydrogen-bond donors (Lipinski definition) is 3. The van der Waals surface area contributed by atoms with Gasteiger partial charge in [-0.1, -0.05) is 24.3 Å². The molecule has 3 aromatic carbocycles. The number of aromatic nitrogens is 1. The molecule has 13 heteroatoms.